The fraction of sp³-hybridized carbons (Fsp3) is 0.333. The minimum absolute atomic E-state index is 0.231. The Bertz CT molecular complexity index is 271. The van der Waals surface area contributed by atoms with Crippen LogP contribution in [0.2, 0.25) is 0 Å². The maximum Gasteiger partial charge on any atom is 0.435 e. The largest absolute Gasteiger partial charge is 0.435 e. The lowest BCUT2D eigenvalue weighted by Gasteiger charge is -2.07. The Kier molecular flexibility index (Phi) is 2.27. The quantitative estimate of drug-likeness (QED) is 0.694. The highest BCUT2D eigenvalue weighted by molar-refractivity contribution is 5.13. The molecule has 0 aliphatic rings. The molecular weight excluding hydrogens is 171 g/mol. The van der Waals surface area contributed by atoms with Gasteiger partial charge in [0.1, 0.15) is 0 Å². The van der Waals surface area contributed by atoms with Crippen molar-refractivity contribution in [2.45, 2.75) is 12.7 Å². The average molecular weight is 177 g/mol. The van der Waals surface area contributed by atoms with E-state index in [-0.39, 0.29) is 12.2 Å². The molecule has 0 atom stereocenters. The number of alkyl halides is 3. The van der Waals surface area contributed by atoms with Crippen LogP contribution >= 0.6 is 0 Å². The van der Waals surface area contributed by atoms with Crippen LogP contribution in [0.25, 0.3) is 0 Å². The zero-order valence-electron chi connectivity index (χ0n) is 5.97. The predicted octanol–water partition coefficient (Wildman–Crippen LogP) is 0.954. The number of nitrogens with two attached hydrogens (primary N) is 1. The highest BCUT2D eigenvalue weighted by atomic mass is 19.4. The SMILES string of the molecule is NCc1nccnc1C(F)(F)F. The molecule has 66 valence electrons. The highest BCUT2D eigenvalue weighted by Crippen LogP contribution is 2.28. The van der Waals surface area contributed by atoms with Gasteiger partial charge in [-0.3, -0.25) is 4.98 Å². The van der Waals surface area contributed by atoms with Crippen LogP contribution in [0.4, 0.5) is 13.2 Å². The minimum Gasteiger partial charge on any atom is -0.325 e. The van der Waals surface area contributed by atoms with Crippen molar-refractivity contribution >= 4 is 0 Å². The summed E-state index contributed by atoms with van der Waals surface area (Å²) in [6.07, 6.45) is -2.30. The zero-order valence-corrected chi connectivity index (χ0v) is 5.97. The third kappa shape index (κ3) is 1.70. The number of nitrogens with zero attached hydrogens (tertiary/aromatic N) is 2. The van der Waals surface area contributed by atoms with Crippen molar-refractivity contribution in [2.75, 3.05) is 0 Å². The first-order valence-electron chi connectivity index (χ1n) is 3.13. The lowest BCUT2D eigenvalue weighted by Crippen LogP contribution is -2.15. The molecule has 1 aromatic heterocycles. The van der Waals surface area contributed by atoms with Crippen molar-refractivity contribution < 1.29 is 13.2 Å². The summed E-state index contributed by atoms with van der Waals surface area (Å²) in [6.45, 7) is -0.261. The number of aromatic nitrogens is 2. The lowest BCUT2D eigenvalue weighted by molar-refractivity contribution is -0.142. The first kappa shape index (κ1) is 8.92. The van der Waals surface area contributed by atoms with Gasteiger partial charge in [0.05, 0.1) is 5.69 Å². The van der Waals surface area contributed by atoms with Crippen LogP contribution in [-0.4, -0.2) is 9.97 Å². The Balaban J connectivity index is 3.14. The maximum absolute atomic E-state index is 12.1. The van der Waals surface area contributed by atoms with E-state index in [0.29, 0.717) is 0 Å². The molecule has 2 N–H and O–H groups in total. The number of hydrogen-bond donors (Lipinski definition) is 1. The maximum atomic E-state index is 12.1. The van der Waals surface area contributed by atoms with E-state index in [0.717, 1.165) is 6.20 Å². The predicted molar refractivity (Wildman–Crippen MR) is 34.9 cm³/mol. The molecule has 12 heavy (non-hydrogen) atoms. The Labute approximate surface area is 66.4 Å². The Morgan fingerprint density at radius 1 is 1.25 bits per heavy atom. The summed E-state index contributed by atoms with van der Waals surface area (Å²) in [5.41, 5.74) is 3.81. The fourth-order valence-corrected chi connectivity index (χ4v) is 0.753. The number of hydrogen-bond acceptors (Lipinski definition) is 3. The number of rotatable bonds is 1. The summed E-state index contributed by atoms with van der Waals surface area (Å²) in [4.78, 5) is 6.61. The van der Waals surface area contributed by atoms with Crippen LogP contribution in [0.5, 0.6) is 0 Å². The van der Waals surface area contributed by atoms with Crippen LogP contribution in [0.15, 0.2) is 12.4 Å². The molecule has 1 heterocycles. The molecule has 6 heteroatoms. The van der Waals surface area contributed by atoms with Gasteiger partial charge in [-0.15, -0.1) is 0 Å². The van der Waals surface area contributed by atoms with E-state index in [1.807, 2.05) is 0 Å². The second kappa shape index (κ2) is 3.06. The van der Waals surface area contributed by atoms with Crippen LogP contribution in [0, 0.1) is 0 Å². The third-order valence-corrected chi connectivity index (χ3v) is 1.24. The van der Waals surface area contributed by atoms with E-state index < -0.39 is 11.9 Å². The van der Waals surface area contributed by atoms with Crippen molar-refractivity contribution in [1.29, 1.82) is 0 Å². The summed E-state index contributed by atoms with van der Waals surface area (Å²) in [5, 5.41) is 0. The van der Waals surface area contributed by atoms with E-state index in [1.165, 1.54) is 6.20 Å². The van der Waals surface area contributed by atoms with Gasteiger partial charge in [-0.25, -0.2) is 4.98 Å². The van der Waals surface area contributed by atoms with Crippen molar-refractivity contribution in [3.63, 3.8) is 0 Å². The van der Waals surface area contributed by atoms with Crippen molar-refractivity contribution in [2.24, 2.45) is 5.73 Å². The summed E-state index contributed by atoms with van der Waals surface area (Å²) in [6, 6.07) is 0. The normalized spacial score (nSPS) is 11.7. The fourth-order valence-electron chi connectivity index (χ4n) is 0.753. The zero-order chi connectivity index (χ0) is 9.19. The molecule has 0 saturated heterocycles. The molecule has 0 saturated carbocycles. The van der Waals surface area contributed by atoms with Gasteiger partial charge in [0.25, 0.3) is 0 Å². The highest BCUT2D eigenvalue weighted by Gasteiger charge is 2.35. The lowest BCUT2D eigenvalue weighted by atomic mass is 10.3. The van der Waals surface area contributed by atoms with Crippen LogP contribution < -0.4 is 5.73 Å². The first-order valence-corrected chi connectivity index (χ1v) is 3.13. The molecule has 0 radical (unpaired) electrons. The van der Waals surface area contributed by atoms with Gasteiger partial charge in [0.2, 0.25) is 0 Å². The van der Waals surface area contributed by atoms with Gasteiger partial charge in [-0.2, -0.15) is 13.2 Å². The van der Waals surface area contributed by atoms with Gasteiger partial charge in [0.15, 0.2) is 5.69 Å². The van der Waals surface area contributed by atoms with Gasteiger partial charge in [-0.1, -0.05) is 0 Å². The molecule has 0 aliphatic carbocycles. The Morgan fingerprint density at radius 2 is 1.83 bits per heavy atom. The number of halogens is 3. The molecule has 3 nitrogen and oxygen atoms in total. The standard InChI is InChI=1S/C6H6F3N3/c7-6(8,9)5-4(3-10)11-1-2-12-5/h1-2H,3,10H2. The molecule has 1 aromatic rings. The van der Waals surface area contributed by atoms with E-state index in [1.54, 1.807) is 0 Å². The Morgan fingerprint density at radius 3 is 2.25 bits per heavy atom. The van der Waals surface area contributed by atoms with Crippen LogP contribution in [0.1, 0.15) is 11.4 Å². The molecule has 1 rings (SSSR count). The summed E-state index contributed by atoms with van der Waals surface area (Å²) in [5.74, 6) is 0. The van der Waals surface area contributed by atoms with Gasteiger partial charge < -0.3 is 5.73 Å². The van der Waals surface area contributed by atoms with E-state index in [2.05, 4.69) is 9.97 Å². The molecule has 0 fully saturated rings. The van der Waals surface area contributed by atoms with Crippen molar-refractivity contribution in [3.05, 3.63) is 23.8 Å². The smallest absolute Gasteiger partial charge is 0.325 e. The molecule has 0 aromatic carbocycles. The molecular formula is C6H6F3N3. The van der Waals surface area contributed by atoms with E-state index in [9.17, 15) is 13.2 Å². The second-order valence-corrected chi connectivity index (χ2v) is 2.05. The van der Waals surface area contributed by atoms with Gasteiger partial charge in [0, 0.05) is 18.9 Å². The average Bonchev–Trinajstić information content (AvgIpc) is 2.03. The summed E-state index contributed by atoms with van der Waals surface area (Å²) < 4.78 is 36.2. The van der Waals surface area contributed by atoms with Crippen molar-refractivity contribution in [3.8, 4) is 0 Å². The monoisotopic (exact) mass is 177 g/mol. The van der Waals surface area contributed by atoms with E-state index >= 15 is 0 Å². The third-order valence-electron chi connectivity index (χ3n) is 1.24. The summed E-state index contributed by atoms with van der Waals surface area (Å²) >= 11 is 0. The van der Waals surface area contributed by atoms with Crippen molar-refractivity contribution in [1.82, 2.24) is 9.97 Å². The first-order chi connectivity index (χ1) is 5.55. The molecule has 0 amide bonds. The summed E-state index contributed by atoms with van der Waals surface area (Å²) in [7, 11) is 0. The van der Waals surface area contributed by atoms with Gasteiger partial charge in [-0.05, 0) is 0 Å². The minimum atomic E-state index is -4.47. The topological polar surface area (TPSA) is 51.8 Å². The molecule has 0 unspecified atom stereocenters. The van der Waals surface area contributed by atoms with Crippen LogP contribution in [0.3, 0.4) is 0 Å². The second-order valence-electron chi connectivity index (χ2n) is 2.05. The van der Waals surface area contributed by atoms with E-state index in [4.69, 9.17) is 5.73 Å². The Hall–Kier alpha value is -1.17. The molecule has 0 spiro atoms. The molecule has 0 bridgehead atoms. The van der Waals surface area contributed by atoms with Gasteiger partial charge >= 0.3 is 6.18 Å². The van der Waals surface area contributed by atoms with Crippen LogP contribution in [-0.2, 0) is 12.7 Å². The molecule has 0 aliphatic heterocycles.